The van der Waals surface area contributed by atoms with Crippen molar-refractivity contribution < 1.29 is 4.74 Å². The van der Waals surface area contributed by atoms with Crippen molar-refractivity contribution in [3.05, 3.63) is 41.7 Å². The summed E-state index contributed by atoms with van der Waals surface area (Å²) >= 11 is 0. The summed E-state index contributed by atoms with van der Waals surface area (Å²) < 4.78 is 5.42. The van der Waals surface area contributed by atoms with Crippen LogP contribution < -0.4 is 10.1 Å². The molecule has 0 fully saturated rings. The average Bonchev–Trinajstić information content (AvgIpc) is 2.86. The molecule has 0 atom stereocenters. The van der Waals surface area contributed by atoms with E-state index in [1.54, 1.807) is 0 Å². The van der Waals surface area contributed by atoms with E-state index in [1.807, 2.05) is 32.3 Å². The number of ether oxygens (including phenoxy) is 1. The number of hydrogen-bond acceptors (Lipinski definition) is 3. The number of aryl methyl sites for hydroxylation is 2. The highest BCUT2D eigenvalue weighted by molar-refractivity contribution is 5.29. The topological polar surface area (TPSA) is 49.9 Å². The van der Waals surface area contributed by atoms with Crippen LogP contribution in [-0.4, -0.2) is 23.6 Å². The number of rotatable bonds is 6. The monoisotopic (exact) mass is 245 g/mol. The van der Waals surface area contributed by atoms with Crippen LogP contribution >= 0.6 is 0 Å². The predicted molar refractivity (Wildman–Crippen MR) is 73.2 cm³/mol. The van der Waals surface area contributed by atoms with E-state index in [9.17, 15) is 0 Å². The molecule has 0 saturated carbocycles. The number of anilines is 1. The molecule has 0 radical (unpaired) electrons. The molecule has 1 heterocycles. The van der Waals surface area contributed by atoms with Crippen LogP contribution in [0.4, 0.5) is 5.95 Å². The minimum atomic E-state index is 0.709. The quantitative estimate of drug-likeness (QED) is 0.822. The fourth-order valence-corrected chi connectivity index (χ4v) is 1.81. The van der Waals surface area contributed by atoms with Crippen molar-refractivity contribution in [3.63, 3.8) is 0 Å². The molecule has 0 unspecified atom stereocenters. The highest BCUT2D eigenvalue weighted by Crippen LogP contribution is 2.14. The zero-order valence-electron chi connectivity index (χ0n) is 10.9. The van der Waals surface area contributed by atoms with Crippen molar-refractivity contribution >= 4 is 5.95 Å². The van der Waals surface area contributed by atoms with E-state index in [0.717, 1.165) is 30.2 Å². The standard InChI is InChI=1S/C14H19N3O/c1-3-18-13-8-5-11(6-9-13)4-7-12-10-16-14(15-2)17-12/h5-6,8-10H,3-4,7H2,1-2H3,(H2,15,16,17). The average molecular weight is 245 g/mol. The van der Waals surface area contributed by atoms with Crippen LogP contribution in [0.1, 0.15) is 18.2 Å². The molecule has 0 amide bonds. The molecule has 0 aliphatic carbocycles. The Morgan fingerprint density at radius 3 is 2.61 bits per heavy atom. The maximum absolute atomic E-state index is 5.42. The molecular weight excluding hydrogens is 226 g/mol. The molecule has 96 valence electrons. The van der Waals surface area contributed by atoms with Crippen LogP contribution in [-0.2, 0) is 12.8 Å². The van der Waals surface area contributed by atoms with Crippen molar-refractivity contribution in [2.75, 3.05) is 19.0 Å². The minimum absolute atomic E-state index is 0.709. The summed E-state index contributed by atoms with van der Waals surface area (Å²) in [5.41, 5.74) is 2.45. The lowest BCUT2D eigenvalue weighted by Crippen LogP contribution is -1.94. The third-order valence-electron chi connectivity index (χ3n) is 2.78. The van der Waals surface area contributed by atoms with E-state index in [2.05, 4.69) is 27.4 Å². The van der Waals surface area contributed by atoms with E-state index >= 15 is 0 Å². The van der Waals surface area contributed by atoms with Crippen LogP contribution in [0.15, 0.2) is 30.5 Å². The summed E-state index contributed by atoms with van der Waals surface area (Å²) in [6.45, 7) is 2.70. The highest BCUT2D eigenvalue weighted by atomic mass is 16.5. The van der Waals surface area contributed by atoms with Gasteiger partial charge in [0.1, 0.15) is 5.75 Å². The number of nitrogens with one attached hydrogen (secondary N) is 2. The Balaban J connectivity index is 1.89. The fourth-order valence-electron chi connectivity index (χ4n) is 1.81. The minimum Gasteiger partial charge on any atom is -0.494 e. The van der Waals surface area contributed by atoms with E-state index in [0.29, 0.717) is 6.61 Å². The van der Waals surface area contributed by atoms with Crippen molar-refractivity contribution in [1.82, 2.24) is 9.97 Å². The lowest BCUT2D eigenvalue weighted by molar-refractivity contribution is 0.340. The van der Waals surface area contributed by atoms with Crippen LogP contribution in [0.2, 0.25) is 0 Å². The van der Waals surface area contributed by atoms with Gasteiger partial charge in [-0.05, 0) is 37.5 Å². The lowest BCUT2D eigenvalue weighted by atomic mass is 10.1. The largest absolute Gasteiger partial charge is 0.494 e. The number of aromatic nitrogens is 2. The number of imidazole rings is 1. The van der Waals surface area contributed by atoms with Gasteiger partial charge in [-0.3, -0.25) is 0 Å². The lowest BCUT2D eigenvalue weighted by Gasteiger charge is -2.04. The molecule has 0 saturated heterocycles. The second-order valence-corrected chi connectivity index (χ2v) is 4.08. The molecule has 0 aliphatic heterocycles. The Morgan fingerprint density at radius 2 is 2.00 bits per heavy atom. The Labute approximate surface area is 107 Å². The van der Waals surface area contributed by atoms with Gasteiger partial charge in [0, 0.05) is 12.7 Å². The molecule has 2 rings (SSSR count). The molecule has 0 spiro atoms. The van der Waals surface area contributed by atoms with Gasteiger partial charge in [0.15, 0.2) is 5.95 Å². The van der Waals surface area contributed by atoms with Crippen LogP contribution in [0, 0.1) is 0 Å². The Morgan fingerprint density at radius 1 is 1.22 bits per heavy atom. The number of H-pyrrole nitrogens is 1. The van der Waals surface area contributed by atoms with Crippen LogP contribution in [0.5, 0.6) is 5.75 Å². The first kappa shape index (κ1) is 12.5. The van der Waals surface area contributed by atoms with Crippen molar-refractivity contribution in [3.8, 4) is 5.75 Å². The van der Waals surface area contributed by atoms with Gasteiger partial charge in [0.2, 0.25) is 0 Å². The first-order chi connectivity index (χ1) is 8.81. The molecule has 4 heteroatoms. The Bertz CT molecular complexity index is 476. The molecular formula is C14H19N3O. The van der Waals surface area contributed by atoms with Crippen LogP contribution in [0.25, 0.3) is 0 Å². The molecule has 18 heavy (non-hydrogen) atoms. The number of hydrogen-bond donors (Lipinski definition) is 2. The van der Waals surface area contributed by atoms with E-state index < -0.39 is 0 Å². The van der Waals surface area contributed by atoms with Crippen LogP contribution in [0.3, 0.4) is 0 Å². The molecule has 1 aromatic carbocycles. The zero-order valence-corrected chi connectivity index (χ0v) is 10.9. The molecule has 4 nitrogen and oxygen atoms in total. The molecule has 0 bridgehead atoms. The molecule has 1 aromatic heterocycles. The van der Waals surface area contributed by atoms with Gasteiger partial charge in [0.05, 0.1) is 12.8 Å². The Hall–Kier alpha value is -1.97. The van der Waals surface area contributed by atoms with Gasteiger partial charge < -0.3 is 15.0 Å². The molecule has 2 aromatic rings. The summed E-state index contributed by atoms with van der Waals surface area (Å²) in [5, 5.41) is 2.98. The summed E-state index contributed by atoms with van der Waals surface area (Å²) in [5.74, 6) is 1.75. The van der Waals surface area contributed by atoms with Crippen molar-refractivity contribution in [2.24, 2.45) is 0 Å². The molecule has 0 aliphatic rings. The summed E-state index contributed by atoms with van der Waals surface area (Å²) in [6, 6.07) is 8.26. The molecule has 2 N–H and O–H groups in total. The third-order valence-corrected chi connectivity index (χ3v) is 2.78. The smallest absolute Gasteiger partial charge is 0.200 e. The second-order valence-electron chi connectivity index (χ2n) is 4.08. The zero-order chi connectivity index (χ0) is 12.8. The van der Waals surface area contributed by atoms with Gasteiger partial charge in [-0.15, -0.1) is 0 Å². The summed E-state index contributed by atoms with van der Waals surface area (Å²) in [7, 11) is 1.86. The number of nitrogens with zero attached hydrogens (tertiary/aromatic N) is 1. The first-order valence-corrected chi connectivity index (χ1v) is 6.25. The first-order valence-electron chi connectivity index (χ1n) is 6.25. The summed E-state index contributed by atoms with van der Waals surface area (Å²) in [4.78, 5) is 7.42. The van der Waals surface area contributed by atoms with Crippen molar-refractivity contribution in [1.29, 1.82) is 0 Å². The maximum atomic E-state index is 5.42. The highest BCUT2D eigenvalue weighted by Gasteiger charge is 2.00. The van der Waals surface area contributed by atoms with Gasteiger partial charge in [-0.25, -0.2) is 4.98 Å². The van der Waals surface area contributed by atoms with Gasteiger partial charge >= 0.3 is 0 Å². The Kier molecular flexibility index (Phi) is 4.23. The number of aromatic amines is 1. The van der Waals surface area contributed by atoms with Crippen molar-refractivity contribution in [2.45, 2.75) is 19.8 Å². The maximum Gasteiger partial charge on any atom is 0.200 e. The SMILES string of the molecule is CCOc1ccc(CCc2cnc(NC)[nH]2)cc1. The fraction of sp³-hybridized carbons (Fsp3) is 0.357. The second kappa shape index (κ2) is 6.10. The van der Waals surface area contributed by atoms with E-state index in [-0.39, 0.29) is 0 Å². The third kappa shape index (κ3) is 3.26. The number of benzene rings is 1. The van der Waals surface area contributed by atoms with E-state index in [1.165, 1.54) is 5.56 Å². The van der Waals surface area contributed by atoms with Gasteiger partial charge in [-0.1, -0.05) is 12.1 Å². The van der Waals surface area contributed by atoms with Gasteiger partial charge in [0.25, 0.3) is 0 Å². The predicted octanol–water partition coefficient (Wildman–Crippen LogP) is 2.64. The van der Waals surface area contributed by atoms with Gasteiger partial charge in [-0.2, -0.15) is 0 Å². The van der Waals surface area contributed by atoms with E-state index in [4.69, 9.17) is 4.74 Å². The summed E-state index contributed by atoms with van der Waals surface area (Å²) in [6.07, 6.45) is 3.83. The normalized spacial score (nSPS) is 10.3.